The van der Waals surface area contributed by atoms with Gasteiger partial charge in [-0.2, -0.15) is 0 Å². The zero-order valence-electron chi connectivity index (χ0n) is 15.7. The number of benzene rings is 2. The summed E-state index contributed by atoms with van der Waals surface area (Å²) in [7, 11) is 0. The van der Waals surface area contributed by atoms with Crippen LogP contribution in [0.5, 0.6) is 5.75 Å². The van der Waals surface area contributed by atoms with Crippen molar-refractivity contribution in [3.05, 3.63) is 52.5 Å². The molecule has 2 fully saturated rings. The first kappa shape index (κ1) is 19.3. The van der Waals surface area contributed by atoms with Crippen LogP contribution in [0.4, 0.5) is 4.39 Å². The van der Waals surface area contributed by atoms with Gasteiger partial charge >= 0.3 is 5.97 Å². The summed E-state index contributed by atoms with van der Waals surface area (Å²) < 4.78 is 18.9. The molecule has 0 heterocycles. The molecular formula is C23H24ClFO3. The van der Waals surface area contributed by atoms with Crippen molar-refractivity contribution in [2.24, 2.45) is 11.8 Å². The van der Waals surface area contributed by atoms with E-state index in [1.807, 2.05) is 18.2 Å². The molecule has 1 N–H and O–H groups in total. The molecule has 4 rings (SSSR count). The van der Waals surface area contributed by atoms with Gasteiger partial charge in [0.2, 0.25) is 0 Å². The number of carboxylic acids is 1. The molecule has 5 heteroatoms. The quantitative estimate of drug-likeness (QED) is 0.540. The molecule has 0 bridgehead atoms. The predicted molar refractivity (Wildman–Crippen MR) is 108 cm³/mol. The molecule has 0 aliphatic heterocycles. The molecule has 2 saturated carbocycles. The summed E-state index contributed by atoms with van der Waals surface area (Å²) in [6.07, 6.45) is 5.15. The van der Waals surface area contributed by atoms with Gasteiger partial charge in [-0.15, -0.1) is 0 Å². The Morgan fingerprint density at radius 2 is 1.82 bits per heavy atom. The van der Waals surface area contributed by atoms with E-state index in [2.05, 4.69) is 0 Å². The third-order valence-corrected chi connectivity index (χ3v) is 5.91. The molecule has 28 heavy (non-hydrogen) atoms. The van der Waals surface area contributed by atoms with Crippen molar-refractivity contribution in [2.45, 2.75) is 44.7 Å². The minimum atomic E-state index is -0.823. The number of aliphatic carboxylic acids is 1. The largest absolute Gasteiger partial charge is 0.493 e. The van der Waals surface area contributed by atoms with Crippen LogP contribution >= 0.6 is 11.6 Å². The fourth-order valence-corrected chi connectivity index (χ4v) is 3.84. The summed E-state index contributed by atoms with van der Waals surface area (Å²) in [5.41, 5.74) is 2.88. The van der Waals surface area contributed by atoms with Gasteiger partial charge < -0.3 is 9.84 Å². The topological polar surface area (TPSA) is 46.5 Å². The van der Waals surface area contributed by atoms with E-state index in [4.69, 9.17) is 16.3 Å². The maximum Gasteiger partial charge on any atom is 0.310 e. The average molecular weight is 403 g/mol. The van der Waals surface area contributed by atoms with Gasteiger partial charge in [-0.05, 0) is 59.9 Å². The number of hydrogen-bond donors (Lipinski definition) is 1. The monoisotopic (exact) mass is 402 g/mol. The number of halogens is 2. The van der Waals surface area contributed by atoms with E-state index in [-0.39, 0.29) is 0 Å². The number of carboxylic acid groups (broad SMARTS) is 1. The van der Waals surface area contributed by atoms with Crippen LogP contribution in [-0.4, -0.2) is 17.7 Å². The van der Waals surface area contributed by atoms with Crippen LogP contribution in [0.2, 0.25) is 5.02 Å². The minimum Gasteiger partial charge on any atom is -0.493 e. The lowest BCUT2D eigenvalue weighted by Crippen LogP contribution is -2.13. The van der Waals surface area contributed by atoms with E-state index < -0.39 is 18.6 Å². The smallest absolute Gasteiger partial charge is 0.310 e. The number of ether oxygens (including phenoxy) is 1. The van der Waals surface area contributed by atoms with Crippen molar-refractivity contribution in [1.29, 1.82) is 0 Å². The molecule has 0 radical (unpaired) electrons. The lowest BCUT2D eigenvalue weighted by atomic mass is 9.91. The molecule has 1 atom stereocenters. The second-order valence-electron chi connectivity index (χ2n) is 8.03. The van der Waals surface area contributed by atoms with Crippen LogP contribution in [0.15, 0.2) is 36.4 Å². The number of carbonyl (C=O) groups is 1. The lowest BCUT2D eigenvalue weighted by molar-refractivity contribution is -0.139. The summed E-state index contributed by atoms with van der Waals surface area (Å²) in [6, 6.07) is 10.7. The summed E-state index contributed by atoms with van der Waals surface area (Å²) in [5, 5.41) is 10.2. The Kier molecular flexibility index (Phi) is 5.58. The Balaban J connectivity index is 1.71. The molecule has 2 aliphatic carbocycles. The average Bonchev–Trinajstić information content (AvgIpc) is 3.59. The molecule has 1 unspecified atom stereocenters. The van der Waals surface area contributed by atoms with Crippen LogP contribution < -0.4 is 4.74 Å². The third-order valence-electron chi connectivity index (χ3n) is 5.61. The van der Waals surface area contributed by atoms with Crippen molar-refractivity contribution in [3.63, 3.8) is 0 Å². The Morgan fingerprint density at radius 3 is 2.39 bits per heavy atom. The zero-order valence-corrected chi connectivity index (χ0v) is 16.4. The summed E-state index contributed by atoms with van der Waals surface area (Å²) in [6.45, 7) is 0.0924. The van der Waals surface area contributed by atoms with Gasteiger partial charge in [0, 0.05) is 5.56 Å². The van der Waals surface area contributed by atoms with Crippen molar-refractivity contribution >= 4 is 17.6 Å². The van der Waals surface area contributed by atoms with E-state index in [1.165, 1.54) is 0 Å². The van der Waals surface area contributed by atoms with Gasteiger partial charge in [-0.25, -0.2) is 4.39 Å². The molecule has 0 amide bonds. The maximum atomic E-state index is 12.9. The predicted octanol–water partition coefficient (Wildman–Crippen LogP) is 6.23. The van der Waals surface area contributed by atoms with E-state index >= 15 is 0 Å². The van der Waals surface area contributed by atoms with E-state index in [9.17, 15) is 14.3 Å². The van der Waals surface area contributed by atoms with Gasteiger partial charge in [-0.1, -0.05) is 48.7 Å². The van der Waals surface area contributed by atoms with Gasteiger partial charge in [0.05, 0.1) is 17.5 Å². The Morgan fingerprint density at radius 1 is 1.14 bits per heavy atom. The standard InChI is InChI=1S/C23H24ClFO3/c24-20-10-18(19(23(26)27)9-14-1-2-14)11-21(28-13-16-3-4-16)22(20)17-7-5-15(12-25)6-8-17/h5-8,10-11,14,16,19H,1-4,9,12-13H2,(H,26,27). The fourth-order valence-electron chi connectivity index (χ4n) is 3.52. The summed E-state index contributed by atoms with van der Waals surface area (Å²) in [5.74, 6) is 0.270. The van der Waals surface area contributed by atoms with Gasteiger partial charge in [0.15, 0.2) is 0 Å². The van der Waals surface area contributed by atoms with Gasteiger partial charge in [0.25, 0.3) is 0 Å². The van der Waals surface area contributed by atoms with Crippen LogP contribution in [0.25, 0.3) is 11.1 Å². The lowest BCUT2D eigenvalue weighted by Gasteiger charge is -2.19. The first-order valence-corrected chi connectivity index (χ1v) is 10.3. The maximum absolute atomic E-state index is 12.9. The molecule has 2 aliphatic rings. The first-order valence-electron chi connectivity index (χ1n) is 9.89. The Bertz CT molecular complexity index is 857. The second kappa shape index (κ2) is 8.12. The van der Waals surface area contributed by atoms with Crippen molar-refractivity contribution in [1.82, 2.24) is 0 Å². The van der Waals surface area contributed by atoms with Crippen LogP contribution in [0, 0.1) is 11.8 Å². The van der Waals surface area contributed by atoms with Crippen LogP contribution in [-0.2, 0) is 11.5 Å². The van der Waals surface area contributed by atoms with E-state index in [0.29, 0.717) is 46.8 Å². The fraction of sp³-hybridized carbons (Fsp3) is 0.435. The van der Waals surface area contributed by atoms with E-state index in [1.54, 1.807) is 18.2 Å². The molecule has 0 spiro atoms. The minimum absolute atomic E-state index is 0.471. The van der Waals surface area contributed by atoms with Crippen molar-refractivity contribution in [2.75, 3.05) is 6.61 Å². The zero-order chi connectivity index (χ0) is 19.7. The molecule has 2 aromatic rings. The summed E-state index contributed by atoms with van der Waals surface area (Å²) >= 11 is 6.63. The highest BCUT2D eigenvalue weighted by atomic mass is 35.5. The number of rotatable bonds is 9. The molecule has 148 valence electrons. The molecular weight excluding hydrogens is 379 g/mol. The highest BCUT2D eigenvalue weighted by Crippen LogP contribution is 2.44. The molecule has 3 nitrogen and oxygen atoms in total. The van der Waals surface area contributed by atoms with Crippen LogP contribution in [0.1, 0.15) is 49.1 Å². The second-order valence-corrected chi connectivity index (χ2v) is 8.44. The Hall–Kier alpha value is -2.07. The van der Waals surface area contributed by atoms with Crippen molar-refractivity contribution in [3.8, 4) is 16.9 Å². The van der Waals surface area contributed by atoms with Crippen molar-refractivity contribution < 1.29 is 19.0 Å². The number of hydrogen-bond acceptors (Lipinski definition) is 2. The summed E-state index contributed by atoms with van der Waals surface area (Å²) in [4.78, 5) is 11.9. The normalized spacial score (nSPS) is 17.4. The SMILES string of the molecule is O=C(O)C(CC1CC1)c1cc(Cl)c(-c2ccc(CF)cc2)c(OCC2CC2)c1. The van der Waals surface area contributed by atoms with E-state index in [0.717, 1.165) is 36.8 Å². The first-order chi connectivity index (χ1) is 13.5. The van der Waals surface area contributed by atoms with Gasteiger partial charge in [-0.3, -0.25) is 4.79 Å². The van der Waals surface area contributed by atoms with Crippen LogP contribution in [0.3, 0.4) is 0 Å². The highest BCUT2D eigenvalue weighted by Gasteiger charge is 2.31. The molecule has 0 saturated heterocycles. The third kappa shape index (κ3) is 4.49. The highest BCUT2D eigenvalue weighted by molar-refractivity contribution is 6.33. The molecule has 0 aromatic heterocycles. The molecule has 2 aromatic carbocycles. The number of alkyl halides is 1. The van der Waals surface area contributed by atoms with Gasteiger partial charge in [0.1, 0.15) is 12.4 Å². The Labute approximate surface area is 169 Å².